The van der Waals surface area contributed by atoms with Gasteiger partial charge in [0.05, 0.1) is 6.61 Å². The van der Waals surface area contributed by atoms with E-state index in [-0.39, 0.29) is 25.2 Å². The van der Waals surface area contributed by atoms with Crippen molar-refractivity contribution in [3.8, 4) is 0 Å². The predicted molar refractivity (Wildman–Crippen MR) is 279 cm³/mol. The van der Waals surface area contributed by atoms with Crippen molar-refractivity contribution in [3.05, 3.63) is 122 Å². The van der Waals surface area contributed by atoms with E-state index in [0.717, 1.165) is 116 Å². The van der Waals surface area contributed by atoms with E-state index in [1.165, 1.54) is 64.2 Å². The minimum atomic E-state index is -0.589. The number of carbonyl (C=O) groups excluding carboxylic acids is 2. The number of hydrogen-bond acceptors (Lipinski definition) is 5. The quantitative estimate of drug-likeness (QED) is 0.0346. The van der Waals surface area contributed by atoms with E-state index in [9.17, 15) is 9.59 Å². The zero-order valence-corrected chi connectivity index (χ0v) is 41.5. The van der Waals surface area contributed by atoms with Gasteiger partial charge < -0.3 is 14.2 Å². The van der Waals surface area contributed by atoms with Crippen LogP contribution in [0.15, 0.2) is 122 Å². The highest BCUT2D eigenvalue weighted by molar-refractivity contribution is 5.70. The maximum absolute atomic E-state index is 12.8. The van der Waals surface area contributed by atoms with E-state index in [4.69, 9.17) is 14.2 Å². The molecule has 0 aromatic heterocycles. The molecule has 0 aliphatic carbocycles. The normalized spacial score (nSPS) is 13.2. The number of esters is 2. The summed E-state index contributed by atoms with van der Waals surface area (Å²) in [5.41, 5.74) is 0. The van der Waals surface area contributed by atoms with Gasteiger partial charge in [0.25, 0.3) is 0 Å². The molecule has 0 aliphatic rings. The second kappa shape index (κ2) is 53.6. The molecule has 0 saturated carbocycles. The van der Waals surface area contributed by atoms with Crippen LogP contribution in [0.4, 0.5) is 0 Å². The van der Waals surface area contributed by atoms with Gasteiger partial charge in [-0.3, -0.25) is 9.59 Å². The Morgan fingerprint density at radius 3 is 1.12 bits per heavy atom. The van der Waals surface area contributed by atoms with Crippen LogP contribution < -0.4 is 0 Å². The third kappa shape index (κ3) is 50.9. The molecule has 5 nitrogen and oxygen atoms in total. The molecule has 0 aliphatic heterocycles. The summed E-state index contributed by atoms with van der Waals surface area (Å²) in [7, 11) is 0. The largest absolute Gasteiger partial charge is 0.462 e. The SMILES string of the molecule is CC/C=C\C/C=C\C/C=C\C/C=C\C/C=C\C/C=C\CCCOCC(COC(=O)CCCC/C=C\C/C=C\C/C=C\C/C=C\CC)OC(=O)CCCCCCCCCCCCCCC. The van der Waals surface area contributed by atoms with E-state index in [1.54, 1.807) is 0 Å². The molecule has 0 N–H and O–H groups in total. The third-order valence-electron chi connectivity index (χ3n) is 10.5. The fourth-order valence-corrected chi connectivity index (χ4v) is 6.69. The highest BCUT2D eigenvalue weighted by atomic mass is 16.6. The highest BCUT2D eigenvalue weighted by Gasteiger charge is 2.17. The smallest absolute Gasteiger partial charge is 0.306 e. The Hall–Kier alpha value is -3.70. The predicted octanol–water partition coefficient (Wildman–Crippen LogP) is 17.8. The van der Waals surface area contributed by atoms with Gasteiger partial charge in [-0.1, -0.05) is 219 Å². The van der Waals surface area contributed by atoms with Crippen molar-refractivity contribution >= 4 is 11.9 Å². The van der Waals surface area contributed by atoms with Crippen LogP contribution in [0, 0.1) is 0 Å². The molecule has 0 aromatic rings. The molecule has 362 valence electrons. The fourth-order valence-electron chi connectivity index (χ4n) is 6.69. The van der Waals surface area contributed by atoms with E-state index in [2.05, 4.69) is 142 Å². The Labute approximate surface area is 395 Å². The average molecular weight is 885 g/mol. The first kappa shape index (κ1) is 60.3. The van der Waals surface area contributed by atoms with E-state index < -0.39 is 6.10 Å². The Kier molecular flexibility index (Phi) is 50.5. The van der Waals surface area contributed by atoms with Gasteiger partial charge in [0, 0.05) is 19.4 Å². The molecule has 64 heavy (non-hydrogen) atoms. The van der Waals surface area contributed by atoms with Crippen LogP contribution in [0.3, 0.4) is 0 Å². The van der Waals surface area contributed by atoms with Gasteiger partial charge in [-0.2, -0.15) is 0 Å². The monoisotopic (exact) mass is 885 g/mol. The minimum absolute atomic E-state index is 0.0349. The van der Waals surface area contributed by atoms with Crippen molar-refractivity contribution < 1.29 is 23.8 Å². The molecule has 1 unspecified atom stereocenters. The molecule has 0 amide bonds. The lowest BCUT2D eigenvalue weighted by atomic mass is 10.0. The summed E-state index contributed by atoms with van der Waals surface area (Å²) in [5, 5.41) is 0. The lowest BCUT2D eigenvalue weighted by molar-refractivity contribution is -0.163. The first-order valence-electron chi connectivity index (χ1n) is 26.1. The van der Waals surface area contributed by atoms with Crippen LogP contribution in [0.5, 0.6) is 0 Å². The van der Waals surface area contributed by atoms with Gasteiger partial charge in [-0.25, -0.2) is 0 Å². The molecule has 0 heterocycles. The summed E-state index contributed by atoms with van der Waals surface area (Å²) < 4.78 is 17.3. The van der Waals surface area contributed by atoms with Crippen molar-refractivity contribution in [3.63, 3.8) is 0 Å². The molecule has 1 atom stereocenters. The molecule has 0 bridgehead atoms. The topological polar surface area (TPSA) is 61.8 Å². The zero-order chi connectivity index (χ0) is 46.3. The van der Waals surface area contributed by atoms with Crippen LogP contribution in [0.2, 0.25) is 0 Å². The molecule has 0 fully saturated rings. The van der Waals surface area contributed by atoms with Crippen molar-refractivity contribution in [2.75, 3.05) is 19.8 Å². The van der Waals surface area contributed by atoms with Crippen molar-refractivity contribution in [2.24, 2.45) is 0 Å². The van der Waals surface area contributed by atoms with Gasteiger partial charge >= 0.3 is 11.9 Å². The number of rotatable bonds is 46. The lowest BCUT2D eigenvalue weighted by Gasteiger charge is -2.18. The maximum Gasteiger partial charge on any atom is 0.306 e. The van der Waals surface area contributed by atoms with Crippen molar-refractivity contribution in [2.45, 2.75) is 219 Å². The molecule has 0 rings (SSSR count). The minimum Gasteiger partial charge on any atom is -0.462 e. The molecule has 0 radical (unpaired) electrons. The second-order valence-electron chi connectivity index (χ2n) is 16.7. The molecule has 5 heteroatoms. The van der Waals surface area contributed by atoms with Crippen LogP contribution in [0.1, 0.15) is 213 Å². The van der Waals surface area contributed by atoms with Crippen molar-refractivity contribution in [1.29, 1.82) is 0 Å². The van der Waals surface area contributed by atoms with Gasteiger partial charge in [0.15, 0.2) is 6.10 Å². The van der Waals surface area contributed by atoms with E-state index in [0.29, 0.717) is 19.4 Å². The summed E-state index contributed by atoms with van der Waals surface area (Å²) >= 11 is 0. The number of allylic oxidation sites excluding steroid dienone is 20. The fraction of sp³-hybridized carbons (Fsp3) is 0.627. The van der Waals surface area contributed by atoms with E-state index in [1.807, 2.05) is 0 Å². The Morgan fingerprint density at radius 1 is 0.359 bits per heavy atom. The summed E-state index contributed by atoms with van der Waals surface area (Å²) in [6.45, 7) is 7.40. The number of hydrogen-bond donors (Lipinski definition) is 0. The Morgan fingerprint density at radius 2 is 0.703 bits per heavy atom. The van der Waals surface area contributed by atoms with Crippen molar-refractivity contribution in [1.82, 2.24) is 0 Å². The molecule has 0 spiro atoms. The Bertz CT molecular complexity index is 1320. The van der Waals surface area contributed by atoms with Crippen LogP contribution >= 0.6 is 0 Å². The first-order chi connectivity index (χ1) is 31.6. The first-order valence-corrected chi connectivity index (χ1v) is 26.1. The molecule has 0 saturated heterocycles. The average Bonchev–Trinajstić information content (AvgIpc) is 3.30. The van der Waals surface area contributed by atoms with Gasteiger partial charge in [-0.05, 0) is 103 Å². The van der Waals surface area contributed by atoms with Crippen LogP contribution in [-0.4, -0.2) is 37.9 Å². The summed E-state index contributed by atoms with van der Waals surface area (Å²) in [5.74, 6) is -0.482. The number of ether oxygens (including phenoxy) is 3. The molecule has 0 aromatic carbocycles. The Balaban J connectivity index is 4.45. The van der Waals surface area contributed by atoms with Gasteiger partial charge in [0.2, 0.25) is 0 Å². The summed E-state index contributed by atoms with van der Waals surface area (Å²) in [6, 6.07) is 0. The second-order valence-corrected chi connectivity index (χ2v) is 16.7. The standard InChI is InChI=1S/C59H96O5/c1-4-7-10-13-16-19-22-25-27-28-29-30-31-33-36-39-42-45-48-51-54-62-55-57(64-59(61)53-50-47-44-41-38-34-24-21-18-15-12-9-6-3)56-63-58(60)52-49-46-43-40-37-35-32-26-23-20-17-14-11-8-5-2/h7-8,10-11,16-17,19-20,25-27,29-30,32-33,36-37,40,42,45,57H,4-6,9,12-15,18,21-24,28,31,34-35,38-39,41,43-44,46-56H2,1-3H3/b10-7-,11-8-,19-16-,20-17-,27-25-,30-29-,32-26-,36-33-,40-37-,45-42-. The van der Waals surface area contributed by atoms with Gasteiger partial charge in [0.1, 0.15) is 6.61 Å². The number of carbonyl (C=O) groups is 2. The zero-order valence-electron chi connectivity index (χ0n) is 41.5. The summed E-state index contributed by atoms with van der Waals surface area (Å²) in [4.78, 5) is 25.4. The lowest BCUT2D eigenvalue weighted by Crippen LogP contribution is -2.30. The van der Waals surface area contributed by atoms with Gasteiger partial charge in [-0.15, -0.1) is 0 Å². The third-order valence-corrected chi connectivity index (χ3v) is 10.5. The van der Waals surface area contributed by atoms with E-state index >= 15 is 0 Å². The number of unbranched alkanes of at least 4 members (excludes halogenated alkanes) is 15. The summed E-state index contributed by atoms with van der Waals surface area (Å²) in [6.07, 6.45) is 75.1. The highest BCUT2D eigenvalue weighted by Crippen LogP contribution is 2.14. The molecular formula is C59H96O5. The maximum atomic E-state index is 12.8. The van der Waals surface area contributed by atoms with Crippen LogP contribution in [0.25, 0.3) is 0 Å². The molecular weight excluding hydrogens is 789 g/mol. The van der Waals surface area contributed by atoms with Crippen LogP contribution in [-0.2, 0) is 23.8 Å².